The maximum Gasteiger partial charge on any atom is 0.338 e. The number of anilines is 1. The van der Waals surface area contributed by atoms with Crippen molar-refractivity contribution in [1.82, 2.24) is 9.78 Å². The third-order valence-corrected chi connectivity index (χ3v) is 5.06. The van der Waals surface area contributed by atoms with Crippen LogP contribution in [0.3, 0.4) is 0 Å². The Labute approximate surface area is 188 Å². The first-order valence-electron chi connectivity index (χ1n) is 10.2. The second kappa shape index (κ2) is 9.31. The van der Waals surface area contributed by atoms with Crippen molar-refractivity contribution in [3.8, 4) is 0 Å². The lowest BCUT2D eigenvalue weighted by atomic mass is 10.0. The molecule has 4 rings (SSSR count). The minimum atomic E-state index is -0.740. The van der Waals surface area contributed by atoms with E-state index in [1.165, 1.54) is 6.07 Å². The SMILES string of the molecule is CCOC(=O)c1cc(C(=O)Nc2ccnn2Cc2cccc3ccccc23)cc([N+](=O)[O-])c1. The predicted molar refractivity (Wildman–Crippen MR) is 122 cm³/mol. The van der Waals surface area contributed by atoms with E-state index >= 15 is 0 Å². The van der Waals surface area contributed by atoms with E-state index in [1.807, 2.05) is 42.5 Å². The number of fused-ring (bicyclic) bond motifs is 1. The molecule has 0 radical (unpaired) electrons. The lowest BCUT2D eigenvalue weighted by Gasteiger charge is -2.11. The second-order valence-electron chi connectivity index (χ2n) is 7.21. The van der Waals surface area contributed by atoms with E-state index in [2.05, 4.69) is 10.4 Å². The molecule has 0 fully saturated rings. The number of nitro groups is 1. The Bertz CT molecular complexity index is 1360. The van der Waals surface area contributed by atoms with Gasteiger partial charge in [0.15, 0.2) is 0 Å². The molecule has 0 saturated carbocycles. The van der Waals surface area contributed by atoms with Gasteiger partial charge in [-0.15, -0.1) is 0 Å². The molecule has 0 spiro atoms. The highest BCUT2D eigenvalue weighted by Crippen LogP contribution is 2.22. The Morgan fingerprint density at radius 2 is 1.82 bits per heavy atom. The van der Waals surface area contributed by atoms with E-state index in [-0.39, 0.29) is 23.4 Å². The van der Waals surface area contributed by atoms with Gasteiger partial charge in [0.1, 0.15) is 5.82 Å². The molecule has 166 valence electrons. The van der Waals surface area contributed by atoms with Crippen LogP contribution in [0.15, 0.2) is 72.9 Å². The lowest BCUT2D eigenvalue weighted by molar-refractivity contribution is -0.384. The lowest BCUT2D eigenvalue weighted by Crippen LogP contribution is -2.17. The fourth-order valence-corrected chi connectivity index (χ4v) is 3.53. The minimum Gasteiger partial charge on any atom is -0.462 e. The highest BCUT2D eigenvalue weighted by molar-refractivity contribution is 6.06. The number of carbonyl (C=O) groups is 2. The number of rotatable bonds is 7. The smallest absolute Gasteiger partial charge is 0.338 e. The van der Waals surface area contributed by atoms with Gasteiger partial charge in [-0.2, -0.15) is 5.10 Å². The van der Waals surface area contributed by atoms with Gasteiger partial charge >= 0.3 is 5.97 Å². The zero-order valence-corrected chi connectivity index (χ0v) is 17.7. The Balaban J connectivity index is 1.61. The number of nitrogens with one attached hydrogen (secondary N) is 1. The Morgan fingerprint density at radius 3 is 2.61 bits per heavy atom. The van der Waals surface area contributed by atoms with Gasteiger partial charge in [0.2, 0.25) is 0 Å². The van der Waals surface area contributed by atoms with Crippen LogP contribution in [0.2, 0.25) is 0 Å². The fourth-order valence-electron chi connectivity index (χ4n) is 3.53. The molecule has 0 unspecified atom stereocenters. The fraction of sp³-hybridized carbons (Fsp3) is 0.125. The maximum atomic E-state index is 12.9. The largest absolute Gasteiger partial charge is 0.462 e. The number of amides is 1. The van der Waals surface area contributed by atoms with Crippen LogP contribution >= 0.6 is 0 Å². The number of ether oxygens (including phenoxy) is 1. The summed E-state index contributed by atoms with van der Waals surface area (Å²) in [7, 11) is 0. The number of non-ortho nitro benzene ring substituents is 1. The molecule has 9 nitrogen and oxygen atoms in total. The van der Waals surface area contributed by atoms with Crippen molar-refractivity contribution in [3.05, 3.63) is 99.7 Å². The first-order chi connectivity index (χ1) is 16.0. The molecule has 1 heterocycles. The average Bonchev–Trinajstić information content (AvgIpc) is 3.25. The van der Waals surface area contributed by atoms with Crippen molar-refractivity contribution in [2.24, 2.45) is 0 Å². The van der Waals surface area contributed by atoms with E-state index in [9.17, 15) is 19.7 Å². The first-order valence-corrected chi connectivity index (χ1v) is 10.2. The third-order valence-electron chi connectivity index (χ3n) is 5.06. The Morgan fingerprint density at radius 1 is 1.06 bits per heavy atom. The molecule has 0 saturated heterocycles. The summed E-state index contributed by atoms with van der Waals surface area (Å²) in [6.45, 7) is 2.14. The van der Waals surface area contributed by atoms with E-state index in [0.29, 0.717) is 12.4 Å². The molecule has 0 aliphatic heterocycles. The Hall–Kier alpha value is -4.53. The van der Waals surface area contributed by atoms with E-state index in [0.717, 1.165) is 28.5 Å². The van der Waals surface area contributed by atoms with Gasteiger partial charge in [-0.3, -0.25) is 14.9 Å². The molecule has 1 amide bonds. The Kier molecular flexibility index (Phi) is 6.12. The number of esters is 1. The zero-order chi connectivity index (χ0) is 23.4. The van der Waals surface area contributed by atoms with Crippen LogP contribution in [0, 0.1) is 10.1 Å². The summed E-state index contributed by atoms with van der Waals surface area (Å²) in [5.74, 6) is -0.933. The van der Waals surface area contributed by atoms with Crippen LogP contribution in [-0.4, -0.2) is 33.2 Å². The van der Waals surface area contributed by atoms with Crippen LogP contribution in [0.1, 0.15) is 33.2 Å². The number of nitrogens with zero attached hydrogens (tertiary/aromatic N) is 3. The van der Waals surface area contributed by atoms with Gasteiger partial charge in [-0.05, 0) is 29.3 Å². The monoisotopic (exact) mass is 444 g/mol. The van der Waals surface area contributed by atoms with Crippen LogP contribution in [0.5, 0.6) is 0 Å². The summed E-state index contributed by atoms with van der Waals surface area (Å²) in [5, 5.41) is 20.5. The normalized spacial score (nSPS) is 10.7. The molecule has 0 aliphatic rings. The van der Waals surface area contributed by atoms with Crippen LogP contribution in [-0.2, 0) is 11.3 Å². The van der Waals surface area contributed by atoms with Crippen molar-refractivity contribution in [2.45, 2.75) is 13.5 Å². The molecule has 4 aromatic rings. The molecular formula is C24H20N4O5. The van der Waals surface area contributed by atoms with Crippen LogP contribution in [0.25, 0.3) is 10.8 Å². The zero-order valence-electron chi connectivity index (χ0n) is 17.7. The average molecular weight is 444 g/mol. The van der Waals surface area contributed by atoms with Gasteiger partial charge in [0.25, 0.3) is 11.6 Å². The molecule has 0 atom stereocenters. The number of carbonyl (C=O) groups excluding carboxylic acids is 2. The summed E-state index contributed by atoms with van der Waals surface area (Å²) >= 11 is 0. The van der Waals surface area contributed by atoms with Gasteiger partial charge in [0, 0.05) is 23.8 Å². The van der Waals surface area contributed by atoms with Crippen molar-refractivity contribution < 1.29 is 19.2 Å². The van der Waals surface area contributed by atoms with Crippen LogP contribution < -0.4 is 5.32 Å². The van der Waals surface area contributed by atoms with Crippen molar-refractivity contribution in [2.75, 3.05) is 11.9 Å². The summed E-state index contributed by atoms with van der Waals surface area (Å²) in [6.07, 6.45) is 1.55. The molecule has 0 bridgehead atoms. The number of hydrogen-bond donors (Lipinski definition) is 1. The molecule has 9 heteroatoms. The van der Waals surface area contributed by atoms with E-state index in [1.54, 1.807) is 23.9 Å². The van der Waals surface area contributed by atoms with E-state index in [4.69, 9.17) is 4.74 Å². The van der Waals surface area contributed by atoms with Gasteiger partial charge in [0.05, 0.1) is 29.8 Å². The predicted octanol–water partition coefficient (Wildman–Crippen LogP) is 4.42. The summed E-state index contributed by atoms with van der Waals surface area (Å²) in [4.78, 5) is 35.6. The highest BCUT2D eigenvalue weighted by atomic mass is 16.6. The summed E-state index contributed by atoms with van der Waals surface area (Å²) in [6, 6.07) is 19.0. The molecule has 1 N–H and O–H groups in total. The van der Waals surface area contributed by atoms with Crippen molar-refractivity contribution in [3.63, 3.8) is 0 Å². The molecule has 1 aromatic heterocycles. The molecule has 33 heavy (non-hydrogen) atoms. The van der Waals surface area contributed by atoms with Crippen LogP contribution in [0.4, 0.5) is 11.5 Å². The highest BCUT2D eigenvalue weighted by Gasteiger charge is 2.19. The second-order valence-corrected chi connectivity index (χ2v) is 7.21. The first kappa shape index (κ1) is 21.7. The molecule has 3 aromatic carbocycles. The number of benzene rings is 3. The van der Waals surface area contributed by atoms with Gasteiger partial charge in [-0.25, -0.2) is 9.48 Å². The third kappa shape index (κ3) is 4.72. The standard InChI is InChI=1S/C24H20N4O5/c1-2-33-24(30)19-12-18(13-20(14-19)28(31)32)23(29)26-22-10-11-25-27(22)15-17-8-5-7-16-6-3-4-9-21(16)17/h3-14H,2,15H2,1H3,(H,26,29). The van der Waals surface area contributed by atoms with Gasteiger partial charge < -0.3 is 10.1 Å². The topological polar surface area (TPSA) is 116 Å². The van der Waals surface area contributed by atoms with Crippen molar-refractivity contribution in [1.29, 1.82) is 0 Å². The summed E-state index contributed by atoms with van der Waals surface area (Å²) < 4.78 is 6.54. The molecular weight excluding hydrogens is 424 g/mol. The summed E-state index contributed by atoms with van der Waals surface area (Å²) in [5.41, 5.74) is 0.535. The number of aromatic nitrogens is 2. The van der Waals surface area contributed by atoms with Crippen molar-refractivity contribution >= 4 is 34.2 Å². The quantitative estimate of drug-likeness (QED) is 0.256. The number of nitro benzene ring substituents is 1. The van der Waals surface area contributed by atoms with Gasteiger partial charge in [-0.1, -0.05) is 42.5 Å². The number of hydrogen-bond acceptors (Lipinski definition) is 6. The minimum absolute atomic E-state index is 0.0369. The maximum absolute atomic E-state index is 12.9. The van der Waals surface area contributed by atoms with E-state index < -0.39 is 16.8 Å². The molecule has 0 aliphatic carbocycles.